The molecule has 1 fully saturated rings. The highest BCUT2D eigenvalue weighted by Gasteiger charge is 2.28. The van der Waals surface area contributed by atoms with Crippen molar-refractivity contribution in [3.8, 4) is 0 Å². The molecule has 7 nitrogen and oxygen atoms in total. The van der Waals surface area contributed by atoms with E-state index in [0.29, 0.717) is 28.7 Å². The summed E-state index contributed by atoms with van der Waals surface area (Å²) >= 11 is 6.11. The van der Waals surface area contributed by atoms with Crippen LogP contribution in [-0.2, 0) is 0 Å². The van der Waals surface area contributed by atoms with Gasteiger partial charge in [-0.1, -0.05) is 29.8 Å². The number of aromatic nitrogens is 4. The first-order valence-corrected chi connectivity index (χ1v) is 11.4. The lowest BCUT2D eigenvalue weighted by Gasteiger charge is -2.15. The fraction of sp³-hybridized carbons (Fsp3) is 0.240. The van der Waals surface area contributed by atoms with Crippen LogP contribution in [0.3, 0.4) is 0 Å². The van der Waals surface area contributed by atoms with E-state index >= 15 is 0 Å². The van der Waals surface area contributed by atoms with E-state index in [1.165, 1.54) is 18.4 Å². The first-order chi connectivity index (χ1) is 16.1. The molecular formula is C25H24ClN7. The van der Waals surface area contributed by atoms with Gasteiger partial charge in [-0.2, -0.15) is 15.0 Å². The van der Waals surface area contributed by atoms with Crippen LogP contribution >= 0.6 is 11.6 Å². The highest BCUT2D eigenvalue weighted by molar-refractivity contribution is 6.30. The number of hydrogen-bond acceptors (Lipinski definition) is 7. The van der Waals surface area contributed by atoms with Gasteiger partial charge in [0.25, 0.3) is 0 Å². The monoisotopic (exact) mass is 457 g/mol. The molecule has 1 aliphatic carbocycles. The van der Waals surface area contributed by atoms with Crippen LogP contribution in [0.4, 0.5) is 11.9 Å². The number of hydrogen-bond donors (Lipinski definition) is 2. The van der Waals surface area contributed by atoms with Crippen LogP contribution in [0.5, 0.6) is 0 Å². The smallest absolute Gasteiger partial charge is 0.233 e. The van der Waals surface area contributed by atoms with E-state index in [2.05, 4.69) is 48.6 Å². The summed E-state index contributed by atoms with van der Waals surface area (Å²) in [5, 5.41) is 7.31. The Bertz CT molecular complexity index is 1230. The molecule has 166 valence electrons. The van der Waals surface area contributed by atoms with E-state index in [9.17, 15) is 0 Å². The molecule has 2 aliphatic rings. The van der Waals surface area contributed by atoms with Crippen molar-refractivity contribution in [1.82, 2.24) is 19.9 Å². The third-order valence-corrected chi connectivity index (χ3v) is 5.81. The number of pyridine rings is 1. The highest BCUT2D eigenvalue weighted by atomic mass is 35.5. The standard InChI is InChI=1S/C25H24ClN7/c1-16(18-9-11-27-12-10-18)29-24-30-22(8-5-17-3-2-4-21(26)13-17)31-25(33-24)32-23-14-20(15-28-23)19-6-7-19/h2-5,8-14,16,19H,6-7,15H2,1H3,(H2,28,29,30,31,32,33)/b8-5+. The maximum atomic E-state index is 6.11. The Kier molecular flexibility index (Phi) is 6.13. The van der Waals surface area contributed by atoms with Crippen LogP contribution < -0.4 is 10.6 Å². The van der Waals surface area contributed by atoms with Crippen molar-refractivity contribution < 1.29 is 0 Å². The molecular weight excluding hydrogens is 434 g/mol. The Balaban J connectivity index is 1.40. The van der Waals surface area contributed by atoms with E-state index in [1.807, 2.05) is 48.6 Å². The second-order valence-corrected chi connectivity index (χ2v) is 8.63. The Labute approximate surface area is 197 Å². The Hall–Kier alpha value is -3.58. The fourth-order valence-electron chi connectivity index (χ4n) is 3.63. The molecule has 1 unspecified atom stereocenters. The van der Waals surface area contributed by atoms with Gasteiger partial charge in [0, 0.05) is 17.4 Å². The van der Waals surface area contributed by atoms with Crippen LogP contribution in [0, 0.1) is 5.92 Å². The number of nitrogens with one attached hydrogen (secondary N) is 2. The van der Waals surface area contributed by atoms with Gasteiger partial charge in [-0.25, -0.2) is 0 Å². The number of benzene rings is 1. The Morgan fingerprint density at radius 3 is 2.64 bits per heavy atom. The van der Waals surface area contributed by atoms with E-state index in [-0.39, 0.29) is 6.04 Å². The quantitative estimate of drug-likeness (QED) is 0.492. The Morgan fingerprint density at radius 2 is 1.85 bits per heavy atom. The van der Waals surface area contributed by atoms with Crippen LogP contribution in [0.25, 0.3) is 12.2 Å². The summed E-state index contributed by atoms with van der Waals surface area (Å²) in [6.45, 7) is 2.81. The second-order valence-electron chi connectivity index (χ2n) is 8.20. The van der Waals surface area contributed by atoms with Crippen LogP contribution in [-0.4, -0.2) is 32.3 Å². The zero-order chi connectivity index (χ0) is 22.6. The van der Waals surface area contributed by atoms with Crippen molar-refractivity contribution in [1.29, 1.82) is 0 Å². The molecule has 0 radical (unpaired) electrons. The average Bonchev–Trinajstić information content (AvgIpc) is 3.57. The third-order valence-electron chi connectivity index (χ3n) is 5.57. The summed E-state index contributed by atoms with van der Waals surface area (Å²) in [5.41, 5.74) is 3.44. The number of anilines is 2. The van der Waals surface area contributed by atoms with Crippen molar-refractivity contribution in [3.05, 3.63) is 82.4 Å². The molecule has 2 aromatic heterocycles. The second kappa shape index (κ2) is 9.50. The minimum absolute atomic E-state index is 0.00167. The summed E-state index contributed by atoms with van der Waals surface area (Å²) < 4.78 is 0. The molecule has 0 bridgehead atoms. The molecule has 0 amide bonds. The van der Waals surface area contributed by atoms with Gasteiger partial charge in [-0.3, -0.25) is 9.98 Å². The summed E-state index contributed by atoms with van der Waals surface area (Å²) in [6, 6.07) is 11.6. The van der Waals surface area contributed by atoms with E-state index in [1.54, 1.807) is 12.4 Å². The lowest BCUT2D eigenvalue weighted by atomic mass is 10.1. The third kappa shape index (κ3) is 5.62. The lowest BCUT2D eigenvalue weighted by Crippen LogP contribution is -2.15. The fourth-order valence-corrected chi connectivity index (χ4v) is 3.83. The van der Waals surface area contributed by atoms with Gasteiger partial charge in [0.05, 0.1) is 12.6 Å². The summed E-state index contributed by atoms with van der Waals surface area (Å²) in [7, 11) is 0. The van der Waals surface area contributed by atoms with Gasteiger partial charge in [-0.05, 0) is 78.8 Å². The van der Waals surface area contributed by atoms with Crippen LogP contribution in [0.15, 0.2) is 65.4 Å². The molecule has 1 atom stereocenters. The van der Waals surface area contributed by atoms with Crippen molar-refractivity contribution in [3.63, 3.8) is 0 Å². The van der Waals surface area contributed by atoms with Crippen LogP contribution in [0.2, 0.25) is 5.02 Å². The molecule has 0 saturated heterocycles. The first kappa shape index (κ1) is 21.3. The molecule has 33 heavy (non-hydrogen) atoms. The van der Waals surface area contributed by atoms with Crippen LogP contribution in [0.1, 0.15) is 42.8 Å². The van der Waals surface area contributed by atoms with Crippen molar-refractivity contribution >= 4 is 41.5 Å². The molecule has 1 saturated carbocycles. The molecule has 5 rings (SSSR count). The minimum atomic E-state index is -0.00167. The summed E-state index contributed by atoms with van der Waals surface area (Å²) in [5.74, 6) is 2.95. The van der Waals surface area contributed by atoms with Gasteiger partial charge in [0.1, 0.15) is 5.84 Å². The molecule has 3 aromatic rings. The van der Waals surface area contributed by atoms with Crippen molar-refractivity contribution in [2.24, 2.45) is 10.9 Å². The van der Waals surface area contributed by atoms with Gasteiger partial charge >= 0.3 is 0 Å². The van der Waals surface area contributed by atoms with Crippen molar-refractivity contribution in [2.45, 2.75) is 25.8 Å². The van der Waals surface area contributed by atoms with Crippen molar-refractivity contribution in [2.75, 3.05) is 17.2 Å². The van der Waals surface area contributed by atoms with Gasteiger partial charge in [0.15, 0.2) is 5.82 Å². The van der Waals surface area contributed by atoms with Gasteiger partial charge in [-0.15, -0.1) is 0 Å². The normalized spacial score (nSPS) is 16.4. The number of aliphatic imine (C=N–C) groups is 1. The topological polar surface area (TPSA) is 88.0 Å². The SMILES string of the molecule is CC(Nc1nc(/C=C/c2cccc(Cl)c2)nc(NC2=NCC(C3CC3)=C2)n1)c1ccncc1. The molecule has 2 N–H and O–H groups in total. The Morgan fingerprint density at radius 1 is 1.03 bits per heavy atom. The molecule has 1 aliphatic heterocycles. The largest absolute Gasteiger partial charge is 0.348 e. The minimum Gasteiger partial charge on any atom is -0.348 e. The average molecular weight is 458 g/mol. The maximum absolute atomic E-state index is 6.11. The molecule has 1 aromatic carbocycles. The molecule has 8 heteroatoms. The zero-order valence-corrected chi connectivity index (χ0v) is 19.0. The summed E-state index contributed by atoms with van der Waals surface area (Å²) in [4.78, 5) is 22.5. The predicted octanol–water partition coefficient (Wildman–Crippen LogP) is 5.42. The molecule has 0 spiro atoms. The maximum Gasteiger partial charge on any atom is 0.233 e. The predicted molar refractivity (Wildman–Crippen MR) is 133 cm³/mol. The van der Waals surface area contributed by atoms with E-state index < -0.39 is 0 Å². The number of halogens is 1. The van der Waals surface area contributed by atoms with Gasteiger partial charge < -0.3 is 10.6 Å². The lowest BCUT2D eigenvalue weighted by molar-refractivity contribution is 0.850. The van der Waals surface area contributed by atoms with Gasteiger partial charge in [0.2, 0.25) is 11.9 Å². The van der Waals surface area contributed by atoms with E-state index in [4.69, 9.17) is 11.6 Å². The first-order valence-electron chi connectivity index (χ1n) is 11.0. The zero-order valence-electron chi connectivity index (χ0n) is 18.2. The number of nitrogens with zero attached hydrogens (tertiary/aromatic N) is 5. The highest BCUT2D eigenvalue weighted by Crippen LogP contribution is 2.37. The summed E-state index contributed by atoms with van der Waals surface area (Å²) in [6.07, 6.45) is 12.0. The number of amidine groups is 1. The molecule has 3 heterocycles. The number of rotatable bonds is 7. The van der Waals surface area contributed by atoms with E-state index in [0.717, 1.165) is 23.5 Å².